The van der Waals surface area contributed by atoms with Crippen molar-refractivity contribution in [2.45, 2.75) is 62.8 Å². The minimum absolute atomic E-state index is 0.142. The van der Waals surface area contributed by atoms with E-state index < -0.39 is 89.6 Å². The smallest absolute Gasteiger partial charge is 0.394 e. The van der Waals surface area contributed by atoms with Gasteiger partial charge in [-0.3, -0.25) is 23.4 Å². The predicted octanol–water partition coefficient (Wildman–Crippen LogP) is -2.43. The molecule has 0 saturated carbocycles. The second-order valence-corrected chi connectivity index (χ2v) is 10.9. The number of hydrogen-bond acceptors (Lipinski definition) is 13. The summed E-state index contributed by atoms with van der Waals surface area (Å²) in [6.07, 6.45) is -9.05. The van der Waals surface area contributed by atoms with Gasteiger partial charge in [0.05, 0.1) is 25.4 Å². The van der Waals surface area contributed by atoms with Crippen LogP contribution in [0.15, 0.2) is 15.8 Å². The standard InChI is InChI=1S/C16H26N2O15P2/c1-7-4-18(16(24)17-15(7)23)12-2-8(20)11(30-12)6-29-34(25,26)33-35(27,28)32-13-3-9(21)14(22)10(5-19)31-13/h4,8-14,19-22H,2-3,5-6H2,1H3,(H,25,26)(H,27,28)(H,17,23,24)/t8-,9+,10+,11+,12+,13+,14-/m0/s1. The third kappa shape index (κ3) is 7.14. The fourth-order valence-electron chi connectivity index (χ4n) is 3.46. The molecule has 0 bridgehead atoms. The number of aryl methyl sites for hydroxylation is 1. The molecule has 1 aromatic heterocycles. The highest BCUT2D eigenvalue weighted by molar-refractivity contribution is 7.61. The fraction of sp³-hybridized carbons (Fsp3) is 0.750. The number of phosphoric ester groups is 2. The molecule has 0 spiro atoms. The average molecular weight is 548 g/mol. The fourth-order valence-corrected chi connectivity index (χ4v) is 5.61. The summed E-state index contributed by atoms with van der Waals surface area (Å²) in [6.45, 7) is -0.119. The van der Waals surface area contributed by atoms with E-state index in [0.717, 1.165) is 4.57 Å². The van der Waals surface area contributed by atoms with Crippen LogP contribution in [-0.2, 0) is 32.0 Å². The molecule has 2 saturated heterocycles. The lowest BCUT2D eigenvalue weighted by atomic mass is 10.0. The normalized spacial score (nSPS) is 34.9. The second-order valence-electron chi connectivity index (χ2n) is 7.91. The first-order valence-electron chi connectivity index (χ1n) is 10.2. The zero-order valence-corrected chi connectivity index (χ0v) is 19.9. The van der Waals surface area contributed by atoms with E-state index in [9.17, 15) is 43.8 Å². The molecule has 2 fully saturated rings. The molecule has 3 heterocycles. The van der Waals surface area contributed by atoms with Crippen molar-refractivity contribution in [3.05, 3.63) is 32.6 Å². The Hall–Kier alpha value is -1.30. The van der Waals surface area contributed by atoms with Gasteiger partial charge in [0, 0.05) is 24.6 Å². The van der Waals surface area contributed by atoms with Crippen molar-refractivity contribution in [3.63, 3.8) is 0 Å². The minimum Gasteiger partial charge on any atom is -0.394 e. The summed E-state index contributed by atoms with van der Waals surface area (Å²) >= 11 is 0. The monoisotopic (exact) mass is 548 g/mol. The Labute approximate surface area is 196 Å². The molecule has 0 amide bonds. The Morgan fingerprint density at radius 2 is 1.77 bits per heavy atom. The molecule has 200 valence electrons. The van der Waals surface area contributed by atoms with E-state index >= 15 is 0 Å². The van der Waals surface area contributed by atoms with Crippen molar-refractivity contribution >= 4 is 15.6 Å². The van der Waals surface area contributed by atoms with Crippen LogP contribution in [0.1, 0.15) is 24.6 Å². The predicted molar refractivity (Wildman–Crippen MR) is 111 cm³/mol. The van der Waals surface area contributed by atoms with Gasteiger partial charge in [-0.1, -0.05) is 0 Å². The van der Waals surface area contributed by atoms with Crippen LogP contribution < -0.4 is 11.2 Å². The Morgan fingerprint density at radius 3 is 2.43 bits per heavy atom. The first-order valence-corrected chi connectivity index (χ1v) is 13.2. The second kappa shape index (κ2) is 11.0. The zero-order chi connectivity index (χ0) is 26.1. The molecule has 19 heteroatoms. The molecular formula is C16H26N2O15P2. The number of phosphoric acid groups is 2. The first kappa shape index (κ1) is 28.3. The molecule has 0 aliphatic carbocycles. The lowest BCUT2D eigenvalue weighted by Crippen LogP contribution is -2.50. The summed E-state index contributed by atoms with van der Waals surface area (Å²) in [5.41, 5.74) is -1.21. The van der Waals surface area contributed by atoms with Crippen molar-refractivity contribution < 1.29 is 62.2 Å². The molecular weight excluding hydrogens is 522 g/mol. The number of aromatic amines is 1. The number of ether oxygens (including phenoxy) is 2. The van der Waals surface area contributed by atoms with Crippen molar-refractivity contribution in [1.29, 1.82) is 0 Å². The summed E-state index contributed by atoms with van der Waals surface area (Å²) < 4.78 is 49.1. The maximum absolute atomic E-state index is 12.2. The highest BCUT2D eigenvalue weighted by Gasteiger charge is 2.44. The largest absolute Gasteiger partial charge is 0.483 e. The summed E-state index contributed by atoms with van der Waals surface area (Å²) in [5.74, 6) is 0. The van der Waals surface area contributed by atoms with Crippen LogP contribution in [0.3, 0.4) is 0 Å². The van der Waals surface area contributed by atoms with E-state index in [0.29, 0.717) is 0 Å². The third-order valence-corrected chi connectivity index (χ3v) is 7.86. The number of hydrogen-bond donors (Lipinski definition) is 7. The summed E-state index contributed by atoms with van der Waals surface area (Å²) in [6, 6.07) is 0. The van der Waals surface area contributed by atoms with Gasteiger partial charge in [0.1, 0.15) is 24.5 Å². The molecule has 7 N–H and O–H groups in total. The Balaban J connectivity index is 1.57. The Bertz CT molecular complexity index is 1110. The number of nitrogens with zero attached hydrogens (tertiary/aromatic N) is 1. The molecule has 17 nitrogen and oxygen atoms in total. The number of aliphatic hydroxyl groups excluding tert-OH is 4. The molecule has 1 aromatic rings. The quantitative estimate of drug-likeness (QED) is 0.158. The molecule has 9 atom stereocenters. The summed E-state index contributed by atoms with van der Waals surface area (Å²) in [5, 5.41) is 38.6. The maximum atomic E-state index is 12.2. The summed E-state index contributed by atoms with van der Waals surface area (Å²) in [7, 11) is -10.6. The van der Waals surface area contributed by atoms with Crippen molar-refractivity contribution in [1.82, 2.24) is 9.55 Å². The lowest BCUT2D eigenvalue weighted by Gasteiger charge is -2.36. The number of nitrogens with one attached hydrogen (secondary N) is 1. The molecule has 2 unspecified atom stereocenters. The van der Waals surface area contributed by atoms with Gasteiger partial charge in [0.2, 0.25) is 0 Å². The lowest BCUT2D eigenvalue weighted by molar-refractivity contribution is -0.233. The Kier molecular flexibility index (Phi) is 8.87. The van der Waals surface area contributed by atoms with Gasteiger partial charge in [-0.2, -0.15) is 4.31 Å². The minimum atomic E-state index is -5.34. The van der Waals surface area contributed by atoms with Crippen LogP contribution in [0, 0.1) is 6.92 Å². The zero-order valence-electron chi connectivity index (χ0n) is 18.1. The number of aliphatic hydroxyl groups is 4. The van der Waals surface area contributed by atoms with Gasteiger partial charge in [-0.15, -0.1) is 0 Å². The highest BCUT2D eigenvalue weighted by atomic mass is 31.3. The average Bonchev–Trinajstić information content (AvgIpc) is 3.11. The third-order valence-electron chi connectivity index (χ3n) is 5.23. The Morgan fingerprint density at radius 1 is 1.09 bits per heavy atom. The van der Waals surface area contributed by atoms with Crippen molar-refractivity contribution in [2.75, 3.05) is 13.2 Å². The van der Waals surface area contributed by atoms with Gasteiger partial charge in [-0.25, -0.2) is 13.9 Å². The van der Waals surface area contributed by atoms with E-state index in [-0.39, 0.29) is 12.0 Å². The SMILES string of the molecule is Cc1cn([C@H]2C[C@H](O)[C@@H](COP(=O)(O)OP(=O)(O)O[C@@H]3C[C@@H](O)[C@H](O)[C@@H](CO)O3)O2)c(=O)[nH]c1=O. The van der Waals surface area contributed by atoms with E-state index in [1.807, 2.05) is 0 Å². The number of rotatable bonds is 9. The topological polar surface area (TPSA) is 257 Å². The molecule has 3 rings (SSSR count). The van der Waals surface area contributed by atoms with Crippen LogP contribution in [0.2, 0.25) is 0 Å². The van der Waals surface area contributed by atoms with Gasteiger partial charge in [-0.05, 0) is 6.92 Å². The van der Waals surface area contributed by atoms with Crippen LogP contribution in [0.5, 0.6) is 0 Å². The molecule has 0 aromatic carbocycles. The van der Waals surface area contributed by atoms with E-state index in [2.05, 4.69) is 18.3 Å². The van der Waals surface area contributed by atoms with Crippen LogP contribution in [0.25, 0.3) is 0 Å². The van der Waals surface area contributed by atoms with Gasteiger partial charge in [0.25, 0.3) is 5.56 Å². The van der Waals surface area contributed by atoms with Crippen LogP contribution >= 0.6 is 15.6 Å². The van der Waals surface area contributed by atoms with Crippen LogP contribution in [0.4, 0.5) is 0 Å². The van der Waals surface area contributed by atoms with Crippen molar-refractivity contribution in [2.24, 2.45) is 0 Å². The molecule has 35 heavy (non-hydrogen) atoms. The maximum Gasteiger partial charge on any atom is 0.483 e. The van der Waals surface area contributed by atoms with E-state index in [4.69, 9.17) is 14.6 Å². The van der Waals surface area contributed by atoms with Crippen LogP contribution in [-0.4, -0.2) is 89.8 Å². The van der Waals surface area contributed by atoms with Gasteiger partial charge in [0.15, 0.2) is 6.29 Å². The van der Waals surface area contributed by atoms with Crippen molar-refractivity contribution in [3.8, 4) is 0 Å². The van der Waals surface area contributed by atoms with Gasteiger partial charge < -0.3 is 39.7 Å². The first-order chi connectivity index (χ1) is 16.2. The molecule has 2 aliphatic heterocycles. The highest BCUT2D eigenvalue weighted by Crippen LogP contribution is 2.61. The summed E-state index contributed by atoms with van der Waals surface area (Å²) in [4.78, 5) is 45.2. The van der Waals surface area contributed by atoms with E-state index in [1.165, 1.54) is 13.1 Å². The number of aromatic nitrogens is 2. The van der Waals surface area contributed by atoms with Gasteiger partial charge >= 0.3 is 21.3 Å². The molecule has 2 aliphatic rings. The number of H-pyrrole nitrogens is 1. The molecule has 0 radical (unpaired) electrons. The van der Waals surface area contributed by atoms with E-state index in [1.54, 1.807) is 0 Å².